The number of carboxylic acids is 1. The van der Waals surface area contributed by atoms with Crippen LogP contribution in [0.25, 0.3) is 11.1 Å². The normalized spacial score (nSPS) is 10.3. The number of carbonyl (C=O) groups is 1. The summed E-state index contributed by atoms with van der Waals surface area (Å²) in [5.74, 6) is -0.914. The maximum Gasteiger partial charge on any atom is 0.336 e. The highest BCUT2D eigenvalue weighted by Gasteiger charge is 2.10. The highest BCUT2D eigenvalue weighted by atomic mass is 16.5. The van der Waals surface area contributed by atoms with Crippen molar-refractivity contribution in [1.29, 1.82) is 0 Å². The number of hydrogen-bond donors (Lipinski definition) is 1. The van der Waals surface area contributed by atoms with Gasteiger partial charge in [0.2, 0.25) is 0 Å². The summed E-state index contributed by atoms with van der Waals surface area (Å²) in [6.07, 6.45) is 2.66. The van der Waals surface area contributed by atoms with E-state index in [1.165, 1.54) is 0 Å². The highest BCUT2D eigenvalue weighted by molar-refractivity contribution is 5.95. The molecular formula is C18H18O3. The Hall–Kier alpha value is -2.39. The van der Waals surface area contributed by atoms with Gasteiger partial charge in [0.25, 0.3) is 0 Å². The third-order valence-electron chi connectivity index (χ3n) is 3.16. The smallest absolute Gasteiger partial charge is 0.336 e. The molecule has 2 rings (SSSR count). The minimum Gasteiger partial charge on any atom is -0.478 e. The van der Waals surface area contributed by atoms with Crippen LogP contribution in [-0.4, -0.2) is 17.7 Å². The molecule has 2 aromatic rings. The Balaban J connectivity index is 2.12. The lowest BCUT2D eigenvalue weighted by atomic mass is 9.99. The molecule has 0 saturated heterocycles. The zero-order valence-electron chi connectivity index (χ0n) is 11.8. The van der Waals surface area contributed by atoms with Crippen LogP contribution in [-0.2, 0) is 11.3 Å². The average Bonchev–Trinajstić information content (AvgIpc) is 2.52. The topological polar surface area (TPSA) is 46.5 Å². The van der Waals surface area contributed by atoms with E-state index in [1.54, 1.807) is 12.1 Å². The van der Waals surface area contributed by atoms with Crippen LogP contribution in [0, 0.1) is 0 Å². The van der Waals surface area contributed by atoms with Crippen LogP contribution in [0.5, 0.6) is 0 Å². The fourth-order valence-corrected chi connectivity index (χ4v) is 2.06. The third-order valence-corrected chi connectivity index (χ3v) is 3.16. The van der Waals surface area contributed by atoms with Gasteiger partial charge in [0.1, 0.15) is 0 Å². The Morgan fingerprint density at radius 2 is 1.86 bits per heavy atom. The van der Waals surface area contributed by atoms with Crippen LogP contribution in [0.15, 0.2) is 61.2 Å². The van der Waals surface area contributed by atoms with Crippen LogP contribution in [0.2, 0.25) is 0 Å². The van der Waals surface area contributed by atoms with Crippen molar-refractivity contribution in [2.24, 2.45) is 0 Å². The first-order chi connectivity index (χ1) is 10.2. The molecule has 108 valence electrons. The van der Waals surface area contributed by atoms with Gasteiger partial charge in [0.05, 0.1) is 18.8 Å². The van der Waals surface area contributed by atoms with Crippen molar-refractivity contribution in [1.82, 2.24) is 0 Å². The van der Waals surface area contributed by atoms with E-state index in [4.69, 9.17) is 4.74 Å². The van der Waals surface area contributed by atoms with Gasteiger partial charge in [0.15, 0.2) is 0 Å². The summed E-state index contributed by atoms with van der Waals surface area (Å²) in [4.78, 5) is 11.2. The molecule has 0 fully saturated rings. The zero-order valence-corrected chi connectivity index (χ0v) is 11.8. The minimum absolute atomic E-state index is 0.312. The van der Waals surface area contributed by atoms with Crippen LogP contribution >= 0.6 is 0 Å². The number of ether oxygens (including phenoxy) is 1. The van der Waals surface area contributed by atoms with E-state index in [0.29, 0.717) is 18.8 Å². The number of benzene rings is 2. The lowest BCUT2D eigenvalue weighted by Gasteiger charge is -2.08. The number of aromatic carboxylic acids is 1. The van der Waals surface area contributed by atoms with Crippen LogP contribution in [0.4, 0.5) is 0 Å². The van der Waals surface area contributed by atoms with Crippen molar-refractivity contribution in [2.45, 2.75) is 13.0 Å². The van der Waals surface area contributed by atoms with Gasteiger partial charge in [-0.2, -0.15) is 0 Å². The molecule has 0 amide bonds. The molecule has 0 bridgehead atoms. The van der Waals surface area contributed by atoms with Gasteiger partial charge in [-0.05, 0) is 29.2 Å². The van der Waals surface area contributed by atoms with Crippen molar-refractivity contribution in [3.05, 3.63) is 72.3 Å². The van der Waals surface area contributed by atoms with Crippen LogP contribution in [0.3, 0.4) is 0 Å². The highest BCUT2D eigenvalue weighted by Crippen LogP contribution is 2.24. The molecule has 0 aliphatic rings. The Kier molecular flexibility index (Phi) is 5.29. The number of rotatable bonds is 7. The van der Waals surface area contributed by atoms with Gasteiger partial charge >= 0.3 is 5.97 Å². The molecule has 0 unspecified atom stereocenters. The molecule has 0 heterocycles. The Bertz CT molecular complexity index is 615. The van der Waals surface area contributed by atoms with E-state index in [9.17, 15) is 9.90 Å². The second-order valence-electron chi connectivity index (χ2n) is 4.68. The molecule has 0 aromatic heterocycles. The van der Waals surface area contributed by atoms with Crippen molar-refractivity contribution in [3.8, 4) is 11.1 Å². The van der Waals surface area contributed by atoms with Crippen LogP contribution in [0.1, 0.15) is 22.3 Å². The van der Waals surface area contributed by atoms with Gasteiger partial charge in [-0.15, -0.1) is 6.58 Å². The summed E-state index contributed by atoms with van der Waals surface area (Å²) in [6.45, 7) is 4.86. The maximum atomic E-state index is 11.2. The minimum atomic E-state index is -0.914. The standard InChI is InChI=1S/C18H18O3/c1-2-3-12-21-13-14-8-10-15(11-9-14)16-6-4-5-7-17(16)18(19)20/h2,4-11H,1,3,12-13H2,(H,19,20). The first-order valence-electron chi connectivity index (χ1n) is 6.82. The second-order valence-corrected chi connectivity index (χ2v) is 4.68. The van der Waals surface area contributed by atoms with Gasteiger partial charge in [0, 0.05) is 0 Å². The Morgan fingerprint density at radius 3 is 2.52 bits per heavy atom. The lowest BCUT2D eigenvalue weighted by molar-refractivity contribution is 0.0697. The average molecular weight is 282 g/mol. The first kappa shape index (κ1) is 15.0. The largest absolute Gasteiger partial charge is 0.478 e. The van der Waals surface area contributed by atoms with E-state index >= 15 is 0 Å². The summed E-state index contributed by atoms with van der Waals surface area (Å²) in [5.41, 5.74) is 3.00. The van der Waals surface area contributed by atoms with E-state index < -0.39 is 5.97 Å². The fraction of sp³-hybridized carbons (Fsp3) is 0.167. The molecule has 3 nitrogen and oxygen atoms in total. The van der Waals surface area contributed by atoms with E-state index in [-0.39, 0.29) is 0 Å². The van der Waals surface area contributed by atoms with E-state index in [2.05, 4.69) is 6.58 Å². The molecule has 1 N–H and O–H groups in total. The van der Waals surface area contributed by atoms with Crippen molar-refractivity contribution in [2.75, 3.05) is 6.61 Å². The Labute approximate surface area is 124 Å². The van der Waals surface area contributed by atoms with Gasteiger partial charge in [-0.1, -0.05) is 48.5 Å². The summed E-state index contributed by atoms with van der Waals surface area (Å²) < 4.78 is 5.50. The van der Waals surface area contributed by atoms with Gasteiger partial charge in [-0.3, -0.25) is 0 Å². The maximum absolute atomic E-state index is 11.2. The van der Waals surface area contributed by atoms with E-state index in [1.807, 2.05) is 42.5 Å². The monoisotopic (exact) mass is 282 g/mol. The molecule has 0 aliphatic heterocycles. The summed E-state index contributed by atoms with van der Waals surface area (Å²) in [7, 11) is 0. The first-order valence-corrected chi connectivity index (χ1v) is 6.82. The summed E-state index contributed by atoms with van der Waals surface area (Å²) in [6, 6.07) is 14.8. The van der Waals surface area contributed by atoms with Crippen molar-refractivity contribution >= 4 is 5.97 Å². The number of carboxylic acid groups (broad SMARTS) is 1. The predicted octanol–water partition coefficient (Wildman–Crippen LogP) is 4.14. The molecule has 2 aromatic carbocycles. The van der Waals surface area contributed by atoms with E-state index in [0.717, 1.165) is 23.1 Å². The molecule has 0 spiro atoms. The molecule has 21 heavy (non-hydrogen) atoms. The lowest BCUT2D eigenvalue weighted by Crippen LogP contribution is -1.99. The van der Waals surface area contributed by atoms with Crippen LogP contribution < -0.4 is 0 Å². The SMILES string of the molecule is C=CCCOCc1ccc(-c2ccccc2C(=O)O)cc1. The van der Waals surface area contributed by atoms with Crippen molar-refractivity contribution < 1.29 is 14.6 Å². The fourth-order valence-electron chi connectivity index (χ4n) is 2.06. The molecule has 0 atom stereocenters. The summed E-state index contributed by atoms with van der Waals surface area (Å²) in [5, 5.41) is 9.22. The summed E-state index contributed by atoms with van der Waals surface area (Å²) >= 11 is 0. The van der Waals surface area contributed by atoms with Gasteiger partial charge < -0.3 is 9.84 Å². The molecule has 0 saturated carbocycles. The Morgan fingerprint density at radius 1 is 1.14 bits per heavy atom. The predicted molar refractivity (Wildman–Crippen MR) is 83.3 cm³/mol. The molecule has 0 aliphatic carbocycles. The third kappa shape index (κ3) is 4.04. The molecule has 0 radical (unpaired) electrons. The molecule has 3 heteroatoms. The zero-order chi connectivity index (χ0) is 15.1. The van der Waals surface area contributed by atoms with Gasteiger partial charge in [-0.25, -0.2) is 4.79 Å². The number of hydrogen-bond acceptors (Lipinski definition) is 2. The van der Waals surface area contributed by atoms with Crippen molar-refractivity contribution in [3.63, 3.8) is 0 Å². The second kappa shape index (κ2) is 7.41. The quantitative estimate of drug-likeness (QED) is 0.613. The molecular weight excluding hydrogens is 264 g/mol.